The van der Waals surface area contributed by atoms with E-state index < -0.39 is 10.0 Å². The third-order valence-electron chi connectivity index (χ3n) is 4.66. The second kappa shape index (κ2) is 8.43. The summed E-state index contributed by atoms with van der Waals surface area (Å²) >= 11 is 0. The van der Waals surface area contributed by atoms with Crippen molar-refractivity contribution in [3.63, 3.8) is 0 Å². The summed E-state index contributed by atoms with van der Waals surface area (Å²) < 4.78 is 32.8. The second-order valence-electron chi connectivity index (χ2n) is 6.79. The van der Waals surface area contributed by atoms with Crippen molar-refractivity contribution in [2.45, 2.75) is 24.7 Å². The molecule has 0 radical (unpaired) electrons. The van der Waals surface area contributed by atoms with Gasteiger partial charge in [-0.2, -0.15) is 0 Å². The molecule has 144 valence electrons. The molecule has 1 aliphatic heterocycles. The molecule has 0 atom stereocenters. The fourth-order valence-electron chi connectivity index (χ4n) is 2.93. The third-order valence-corrected chi connectivity index (χ3v) is 6.06. The number of nitrogens with one attached hydrogen (secondary N) is 1. The smallest absolute Gasteiger partial charge is 0.261 e. The van der Waals surface area contributed by atoms with Gasteiger partial charge in [0.15, 0.2) is 6.61 Å². The molecule has 1 fully saturated rings. The van der Waals surface area contributed by atoms with E-state index in [9.17, 15) is 13.2 Å². The molecule has 6 nitrogen and oxygen atoms in total. The normalized spacial score (nSPS) is 15.4. The van der Waals surface area contributed by atoms with Crippen LogP contribution in [0, 0.1) is 5.92 Å². The lowest BCUT2D eigenvalue weighted by Gasteiger charge is -2.30. The first kappa shape index (κ1) is 19.2. The van der Waals surface area contributed by atoms with Gasteiger partial charge in [-0.25, -0.2) is 8.42 Å². The quantitative estimate of drug-likeness (QED) is 0.825. The van der Waals surface area contributed by atoms with Gasteiger partial charge < -0.3 is 9.64 Å². The maximum Gasteiger partial charge on any atom is 0.261 e. The molecule has 1 heterocycles. The van der Waals surface area contributed by atoms with Gasteiger partial charge in [0.2, 0.25) is 0 Å². The lowest BCUT2D eigenvalue weighted by molar-refractivity contribution is -0.134. The van der Waals surface area contributed by atoms with Crippen molar-refractivity contribution in [1.29, 1.82) is 0 Å². The summed E-state index contributed by atoms with van der Waals surface area (Å²) in [5, 5.41) is 0. The van der Waals surface area contributed by atoms with Crippen LogP contribution in [-0.4, -0.2) is 38.9 Å². The van der Waals surface area contributed by atoms with Gasteiger partial charge in [-0.15, -0.1) is 0 Å². The Morgan fingerprint density at radius 1 is 1.07 bits per heavy atom. The Morgan fingerprint density at radius 2 is 1.70 bits per heavy atom. The molecule has 0 aliphatic carbocycles. The van der Waals surface area contributed by atoms with Gasteiger partial charge in [0.1, 0.15) is 5.75 Å². The summed E-state index contributed by atoms with van der Waals surface area (Å²) in [5.41, 5.74) is 0.499. The minimum absolute atomic E-state index is 0.0376. The van der Waals surface area contributed by atoms with Gasteiger partial charge >= 0.3 is 0 Å². The number of hydrogen-bond acceptors (Lipinski definition) is 4. The molecule has 1 N–H and O–H groups in total. The van der Waals surface area contributed by atoms with Crippen LogP contribution in [0.25, 0.3) is 0 Å². The molecule has 0 unspecified atom stereocenters. The molecule has 1 saturated heterocycles. The lowest BCUT2D eigenvalue weighted by Crippen LogP contribution is -2.40. The molecule has 0 spiro atoms. The summed E-state index contributed by atoms with van der Waals surface area (Å²) in [5.74, 6) is 1.09. The molecule has 1 amide bonds. The predicted octanol–water partition coefficient (Wildman–Crippen LogP) is 3.12. The highest BCUT2D eigenvalue weighted by Crippen LogP contribution is 2.20. The van der Waals surface area contributed by atoms with Crippen molar-refractivity contribution in [3.8, 4) is 5.75 Å². The zero-order valence-electron chi connectivity index (χ0n) is 15.3. The summed E-state index contributed by atoms with van der Waals surface area (Å²) in [6.07, 6.45) is 2.04. The first-order valence-electron chi connectivity index (χ1n) is 9.02. The zero-order valence-corrected chi connectivity index (χ0v) is 16.1. The highest BCUT2D eigenvalue weighted by Gasteiger charge is 2.20. The van der Waals surface area contributed by atoms with Crippen molar-refractivity contribution in [1.82, 2.24) is 4.90 Å². The fraction of sp³-hybridized carbons (Fsp3) is 0.350. The number of carbonyl (C=O) groups is 1. The highest BCUT2D eigenvalue weighted by molar-refractivity contribution is 7.92. The van der Waals surface area contributed by atoms with E-state index in [0.29, 0.717) is 17.4 Å². The largest absolute Gasteiger partial charge is 0.484 e. The standard InChI is InChI=1S/C20H24N2O4S/c1-16-11-13-22(14-12-16)20(23)15-26-18-7-9-19(10-8-18)27(24,25)21-17-5-3-2-4-6-17/h2-10,16,21H,11-15H2,1H3. The van der Waals surface area contributed by atoms with Crippen LogP contribution in [0.2, 0.25) is 0 Å². The van der Waals surface area contributed by atoms with Crippen LogP contribution in [0.5, 0.6) is 5.75 Å². The number of piperidine rings is 1. The van der Waals surface area contributed by atoms with E-state index in [1.165, 1.54) is 12.1 Å². The number of para-hydroxylation sites is 1. The van der Waals surface area contributed by atoms with Crippen molar-refractivity contribution in [2.24, 2.45) is 5.92 Å². The number of anilines is 1. The summed E-state index contributed by atoms with van der Waals surface area (Å²) in [6, 6.07) is 14.8. The maximum absolute atomic E-state index is 12.4. The minimum Gasteiger partial charge on any atom is -0.484 e. The van der Waals surface area contributed by atoms with E-state index in [4.69, 9.17) is 4.74 Å². The highest BCUT2D eigenvalue weighted by atomic mass is 32.2. The average molecular weight is 388 g/mol. The SMILES string of the molecule is CC1CCN(C(=O)COc2ccc(S(=O)(=O)Nc3ccccc3)cc2)CC1. The molecule has 27 heavy (non-hydrogen) atoms. The van der Waals surface area contributed by atoms with Crippen LogP contribution in [0.3, 0.4) is 0 Å². The van der Waals surface area contributed by atoms with Crippen LogP contribution in [-0.2, 0) is 14.8 Å². The molecule has 2 aromatic rings. The number of carbonyl (C=O) groups excluding carboxylic acids is 1. The number of hydrogen-bond donors (Lipinski definition) is 1. The second-order valence-corrected chi connectivity index (χ2v) is 8.48. The molecular formula is C20H24N2O4S. The average Bonchev–Trinajstić information content (AvgIpc) is 2.67. The van der Waals surface area contributed by atoms with Crippen LogP contribution in [0.1, 0.15) is 19.8 Å². The number of nitrogens with zero attached hydrogens (tertiary/aromatic N) is 1. The first-order chi connectivity index (χ1) is 12.9. The van der Waals surface area contributed by atoms with E-state index in [1.807, 2.05) is 11.0 Å². The summed E-state index contributed by atoms with van der Waals surface area (Å²) in [7, 11) is -3.66. The van der Waals surface area contributed by atoms with Crippen molar-refractivity contribution in [2.75, 3.05) is 24.4 Å². The monoisotopic (exact) mass is 388 g/mol. The fourth-order valence-corrected chi connectivity index (χ4v) is 3.99. The zero-order chi connectivity index (χ0) is 19.3. The molecule has 0 aromatic heterocycles. The predicted molar refractivity (Wildman–Crippen MR) is 104 cm³/mol. The van der Waals surface area contributed by atoms with E-state index in [2.05, 4.69) is 11.6 Å². The molecule has 0 bridgehead atoms. The summed E-state index contributed by atoms with van der Waals surface area (Å²) in [4.78, 5) is 14.2. The van der Waals surface area contributed by atoms with Crippen LogP contribution >= 0.6 is 0 Å². The molecule has 3 rings (SSSR count). The number of amides is 1. The molecule has 0 saturated carbocycles. The Labute approximate surface area is 160 Å². The van der Waals surface area contributed by atoms with Gasteiger partial charge in [0.05, 0.1) is 4.90 Å². The molecule has 7 heteroatoms. The van der Waals surface area contributed by atoms with E-state index in [1.54, 1.807) is 36.4 Å². The van der Waals surface area contributed by atoms with Crippen LogP contribution in [0.15, 0.2) is 59.5 Å². The Balaban J connectivity index is 1.56. The Kier molecular flexibility index (Phi) is 6.01. The topological polar surface area (TPSA) is 75.7 Å². The first-order valence-corrected chi connectivity index (χ1v) is 10.5. The third kappa shape index (κ3) is 5.23. The van der Waals surface area contributed by atoms with E-state index in [0.717, 1.165) is 25.9 Å². The number of sulfonamides is 1. The van der Waals surface area contributed by atoms with Crippen LogP contribution in [0.4, 0.5) is 5.69 Å². The lowest BCUT2D eigenvalue weighted by atomic mass is 9.99. The minimum atomic E-state index is -3.66. The molecule has 1 aliphatic rings. The number of likely N-dealkylation sites (tertiary alicyclic amines) is 1. The Hall–Kier alpha value is -2.54. The van der Waals surface area contributed by atoms with Gasteiger partial charge in [0, 0.05) is 18.8 Å². The van der Waals surface area contributed by atoms with Crippen molar-refractivity contribution in [3.05, 3.63) is 54.6 Å². The molecule has 2 aromatic carbocycles. The molecular weight excluding hydrogens is 364 g/mol. The van der Waals surface area contributed by atoms with Gasteiger partial charge in [0.25, 0.3) is 15.9 Å². The Bertz CT molecular complexity index is 859. The van der Waals surface area contributed by atoms with Gasteiger partial charge in [-0.05, 0) is 55.2 Å². The van der Waals surface area contributed by atoms with Gasteiger partial charge in [-0.3, -0.25) is 9.52 Å². The van der Waals surface area contributed by atoms with Crippen LogP contribution < -0.4 is 9.46 Å². The maximum atomic E-state index is 12.4. The van der Waals surface area contributed by atoms with E-state index in [-0.39, 0.29) is 17.4 Å². The van der Waals surface area contributed by atoms with Crippen molar-refractivity contribution < 1.29 is 17.9 Å². The Morgan fingerprint density at radius 3 is 2.33 bits per heavy atom. The van der Waals surface area contributed by atoms with E-state index >= 15 is 0 Å². The number of rotatable bonds is 6. The number of benzene rings is 2. The van der Waals surface area contributed by atoms with Gasteiger partial charge in [-0.1, -0.05) is 25.1 Å². The summed E-state index contributed by atoms with van der Waals surface area (Å²) in [6.45, 7) is 3.70. The number of ether oxygens (including phenoxy) is 1. The van der Waals surface area contributed by atoms with Crippen molar-refractivity contribution >= 4 is 21.6 Å².